The molecule has 2 aromatic carbocycles. The van der Waals surface area contributed by atoms with Gasteiger partial charge in [0.25, 0.3) is 0 Å². The normalized spacial score (nSPS) is 18.5. The second-order valence-electron chi connectivity index (χ2n) is 10.4. The minimum absolute atomic E-state index is 0.381. The molecule has 1 N–H and O–H groups in total. The van der Waals surface area contributed by atoms with Crippen LogP contribution in [-0.4, -0.2) is 33.3 Å². The molecule has 0 bridgehead atoms. The Morgan fingerprint density at radius 1 is 0.882 bits per heavy atom. The Balaban J connectivity index is 1.56. The number of hydrogen-bond acceptors (Lipinski definition) is 2. The van der Waals surface area contributed by atoms with Crippen LogP contribution in [0.3, 0.4) is 0 Å². The van der Waals surface area contributed by atoms with E-state index < -0.39 is 5.97 Å². The summed E-state index contributed by atoms with van der Waals surface area (Å²) in [6, 6.07) is 12.6. The number of aryl methyl sites for hydroxylation is 2. The summed E-state index contributed by atoms with van der Waals surface area (Å²) in [6.07, 6.45) is 11.0. The van der Waals surface area contributed by atoms with E-state index in [0.29, 0.717) is 11.5 Å². The molecule has 4 heterocycles. The number of carboxylic acid groups (broad SMARTS) is 1. The summed E-state index contributed by atoms with van der Waals surface area (Å²) in [7, 11) is 0. The maximum atomic E-state index is 11.8. The number of rotatable bonds is 3. The molecular formula is C29H31N3O2. The van der Waals surface area contributed by atoms with Crippen molar-refractivity contribution in [2.75, 3.05) is 18.0 Å². The zero-order valence-electron chi connectivity index (χ0n) is 19.6. The van der Waals surface area contributed by atoms with Gasteiger partial charge in [-0.3, -0.25) is 0 Å². The molecule has 3 aliphatic rings. The minimum atomic E-state index is -0.849. The van der Waals surface area contributed by atoms with Gasteiger partial charge in [-0.15, -0.1) is 0 Å². The molecule has 7 rings (SSSR count). The van der Waals surface area contributed by atoms with Crippen molar-refractivity contribution in [3.63, 3.8) is 0 Å². The number of nitrogens with zero attached hydrogens (tertiary/aromatic N) is 3. The number of fused-ring (bicyclic) bond motifs is 4. The van der Waals surface area contributed by atoms with Crippen molar-refractivity contribution in [3.8, 4) is 11.3 Å². The van der Waals surface area contributed by atoms with E-state index in [-0.39, 0.29) is 0 Å². The lowest BCUT2D eigenvalue weighted by Gasteiger charge is -2.32. The molecule has 2 aromatic heterocycles. The molecule has 1 aliphatic carbocycles. The van der Waals surface area contributed by atoms with Gasteiger partial charge in [0, 0.05) is 54.2 Å². The lowest BCUT2D eigenvalue weighted by molar-refractivity contribution is 0.0697. The van der Waals surface area contributed by atoms with Gasteiger partial charge in [0.1, 0.15) is 0 Å². The first-order valence-electron chi connectivity index (χ1n) is 13.0. The van der Waals surface area contributed by atoms with Crippen LogP contribution in [0.2, 0.25) is 0 Å². The Morgan fingerprint density at radius 3 is 2.47 bits per heavy atom. The molecule has 1 saturated carbocycles. The first-order chi connectivity index (χ1) is 16.7. The van der Waals surface area contributed by atoms with Crippen LogP contribution in [0, 0.1) is 0 Å². The summed E-state index contributed by atoms with van der Waals surface area (Å²) < 4.78 is 4.95. The number of carbonyl (C=O) groups is 1. The largest absolute Gasteiger partial charge is 0.478 e. The Hall–Kier alpha value is -3.21. The summed E-state index contributed by atoms with van der Waals surface area (Å²) in [4.78, 5) is 14.4. The Morgan fingerprint density at radius 2 is 1.71 bits per heavy atom. The third kappa shape index (κ3) is 2.88. The number of hydrogen-bond donors (Lipinski definition) is 1. The minimum Gasteiger partial charge on any atom is -0.478 e. The van der Waals surface area contributed by atoms with E-state index in [4.69, 9.17) is 0 Å². The van der Waals surface area contributed by atoms with E-state index in [9.17, 15) is 9.90 Å². The van der Waals surface area contributed by atoms with Crippen molar-refractivity contribution >= 4 is 33.5 Å². The van der Waals surface area contributed by atoms with Crippen molar-refractivity contribution in [1.29, 1.82) is 0 Å². The lowest BCUT2D eigenvalue weighted by Crippen LogP contribution is -2.36. The van der Waals surface area contributed by atoms with E-state index in [1.807, 2.05) is 6.07 Å². The molecular weight excluding hydrogens is 422 g/mol. The molecule has 0 amide bonds. The first-order valence-corrected chi connectivity index (χ1v) is 13.0. The van der Waals surface area contributed by atoms with Crippen molar-refractivity contribution in [2.24, 2.45) is 0 Å². The first kappa shape index (κ1) is 20.2. The van der Waals surface area contributed by atoms with E-state index >= 15 is 0 Å². The predicted octanol–water partition coefficient (Wildman–Crippen LogP) is 6.62. The predicted molar refractivity (Wildman–Crippen MR) is 137 cm³/mol. The maximum absolute atomic E-state index is 11.8. The highest BCUT2D eigenvalue weighted by molar-refractivity contribution is 6.06. The van der Waals surface area contributed by atoms with Crippen LogP contribution in [0.4, 0.5) is 5.69 Å². The molecule has 2 aliphatic heterocycles. The van der Waals surface area contributed by atoms with Crippen molar-refractivity contribution < 1.29 is 9.90 Å². The average molecular weight is 454 g/mol. The highest BCUT2D eigenvalue weighted by Gasteiger charge is 2.30. The molecule has 0 unspecified atom stereocenters. The lowest BCUT2D eigenvalue weighted by atomic mass is 9.81. The molecule has 4 aromatic rings. The number of benzene rings is 2. The van der Waals surface area contributed by atoms with Crippen molar-refractivity contribution in [3.05, 3.63) is 53.7 Å². The monoisotopic (exact) mass is 453 g/mol. The highest BCUT2D eigenvalue weighted by atomic mass is 16.4. The molecule has 2 fully saturated rings. The standard InChI is InChI=1S/C29H31N3O2/c33-29(34)20-11-12-21-24(17-20)32-16-6-15-31-18-25(30-13-5-14-30)22-9-4-10-23(27(22)31)28(32)26(21)19-7-2-1-3-8-19/h4,9-12,17-19H,1-3,5-8,13-16H2,(H,33,34). The average Bonchev–Trinajstić information content (AvgIpc) is 3.33. The van der Waals surface area contributed by atoms with Gasteiger partial charge in [0.05, 0.1) is 22.5 Å². The topological polar surface area (TPSA) is 50.4 Å². The number of carboxylic acids is 1. The summed E-state index contributed by atoms with van der Waals surface area (Å²) in [5.74, 6) is -0.311. The number of aromatic nitrogens is 2. The summed E-state index contributed by atoms with van der Waals surface area (Å²) in [5, 5.41) is 12.3. The third-order valence-electron chi connectivity index (χ3n) is 8.47. The molecule has 0 radical (unpaired) electrons. The Bertz CT molecular complexity index is 1430. The quantitative estimate of drug-likeness (QED) is 0.379. The van der Waals surface area contributed by atoms with Gasteiger partial charge in [0.15, 0.2) is 0 Å². The van der Waals surface area contributed by atoms with Gasteiger partial charge in [-0.1, -0.05) is 43.5 Å². The van der Waals surface area contributed by atoms with Gasteiger partial charge in [-0.2, -0.15) is 0 Å². The Kier molecular flexibility index (Phi) is 4.55. The third-order valence-corrected chi connectivity index (χ3v) is 8.47. The van der Waals surface area contributed by atoms with Crippen molar-refractivity contribution in [2.45, 2.75) is 64.0 Å². The number of para-hydroxylation sites is 1. The maximum Gasteiger partial charge on any atom is 0.335 e. The van der Waals surface area contributed by atoms with Gasteiger partial charge >= 0.3 is 5.97 Å². The van der Waals surface area contributed by atoms with Gasteiger partial charge in [-0.25, -0.2) is 4.79 Å². The van der Waals surface area contributed by atoms with Crippen LogP contribution in [0.5, 0.6) is 0 Å². The van der Waals surface area contributed by atoms with Crippen LogP contribution in [0.15, 0.2) is 42.6 Å². The molecule has 0 atom stereocenters. The smallest absolute Gasteiger partial charge is 0.335 e. The SMILES string of the molecule is O=C(O)c1ccc2c(C3CCCCC3)c3n(c2c1)CCCn1cc(N2CCC2)c2cccc-3c21. The summed E-state index contributed by atoms with van der Waals surface area (Å²) in [6.45, 7) is 4.19. The van der Waals surface area contributed by atoms with Crippen LogP contribution in [-0.2, 0) is 13.1 Å². The number of aromatic carboxylic acids is 1. The van der Waals surface area contributed by atoms with Crippen LogP contribution in [0.25, 0.3) is 33.1 Å². The summed E-state index contributed by atoms with van der Waals surface area (Å²) in [5.41, 5.74) is 8.31. The van der Waals surface area contributed by atoms with Crippen LogP contribution < -0.4 is 4.90 Å². The van der Waals surface area contributed by atoms with Gasteiger partial charge in [-0.05, 0) is 49.3 Å². The molecule has 1 saturated heterocycles. The molecule has 34 heavy (non-hydrogen) atoms. The fourth-order valence-corrected chi connectivity index (χ4v) is 6.75. The Labute approximate surface area is 199 Å². The van der Waals surface area contributed by atoms with Crippen molar-refractivity contribution in [1.82, 2.24) is 9.13 Å². The number of anilines is 1. The fraction of sp³-hybridized carbons (Fsp3) is 0.414. The zero-order valence-corrected chi connectivity index (χ0v) is 19.6. The van der Waals surface area contributed by atoms with Gasteiger partial charge in [0.2, 0.25) is 0 Å². The van der Waals surface area contributed by atoms with E-state index in [1.165, 1.54) is 77.3 Å². The van der Waals surface area contributed by atoms with E-state index in [1.54, 1.807) is 6.07 Å². The molecule has 5 heteroatoms. The summed E-state index contributed by atoms with van der Waals surface area (Å²) >= 11 is 0. The van der Waals surface area contributed by atoms with Gasteiger partial charge < -0.3 is 19.1 Å². The van der Waals surface area contributed by atoms with E-state index in [2.05, 4.69) is 44.5 Å². The molecule has 0 spiro atoms. The second kappa shape index (κ2) is 7.66. The fourth-order valence-electron chi connectivity index (χ4n) is 6.75. The highest BCUT2D eigenvalue weighted by Crippen LogP contribution is 2.47. The molecule has 5 nitrogen and oxygen atoms in total. The zero-order chi connectivity index (χ0) is 22.8. The van der Waals surface area contributed by atoms with Crippen LogP contribution >= 0.6 is 0 Å². The van der Waals surface area contributed by atoms with E-state index in [0.717, 1.165) is 38.1 Å². The second-order valence-corrected chi connectivity index (χ2v) is 10.4. The van der Waals surface area contributed by atoms with Crippen LogP contribution in [0.1, 0.15) is 66.8 Å². The molecule has 174 valence electrons.